The molecule has 5 aliphatic rings. The Hall–Kier alpha value is -3.97. The summed E-state index contributed by atoms with van der Waals surface area (Å²) < 4.78 is 0. The minimum Gasteiger partial charge on any atom is -0.312 e. The summed E-state index contributed by atoms with van der Waals surface area (Å²) in [6, 6.07) is 33.8. The summed E-state index contributed by atoms with van der Waals surface area (Å²) in [7, 11) is 0. The molecule has 0 radical (unpaired) electrons. The molecule has 5 aromatic carbocycles. The minimum atomic E-state index is -0.191. The van der Waals surface area contributed by atoms with Gasteiger partial charge in [0.1, 0.15) is 0 Å². The molecule has 0 saturated heterocycles. The van der Waals surface area contributed by atoms with E-state index in [-0.39, 0.29) is 45.9 Å². The third kappa shape index (κ3) is 4.25. The lowest BCUT2D eigenvalue weighted by Crippen LogP contribution is -2.68. The maximum atomic E-state index is 2.86. The summed E-state index contributed by atoms with van der Waals surface area (Å²) in [4.78, 5) is 2.86. The zero-order valence-electron chi connectivity index (χ0n) is 35.1. The maximum absolute atomic E-state index is 2.86. The number of benzene rings is 5. The lowest BCUT2D eigenvalue weighted by molar-refractivity contribution is 0.403. The number of hydrogen-bond donors (Lipinski definition) is 0. The van der Waals surface area contributed by atoms with Crippen LogP contribution in [-0.2, 0) is 32.5 Å². The Morgan fingerprint density at radius 2 is 0.870 bits per heavy atom. The highest BCUT2D eigenvalue weighted by atomic mass is 15.2. The van der Waals surface area contributed by atoms with Crippen LogP contribution < -0.4 is 37.7 Å². The molecule has 3 aliphatic heterocycles. The fourth-order valence-corrected chi connectivity index (χ4v) is 13.1. The van der Waals surface area contributed by atoms with Gasteiger partial charge in [0.15, 0.2) is 0 Å². The van der Waals surface area contributed by atoms with Crippen molar-refractivity contribution in [1.29, 1.82) is 0 Å². The van der Waals surface area contributed by atoms with Gasteiger partial charge in [-0.25, -0.2) is 0 Å². The quantitative estimate of drug-likeness (QED) is 0.163. The second kappa shape index (κ2) is 10.3. The van der Waals surface area contributed by atoms with Crippen molar-refractivity contribution in [3.05, 3.63) is 124 Å². The Morgan fingerprint density at radius 3 is 1.24 bits per heavy atom. The molecule has 0 amide bonds. The van der Waals surface area contributed by atoms with E-state index in [1.807, 2.05) is 0 Å². The number of rotatable bonds is 2. The standard InChI is InChI=1S/C51H57B2N/c1-46(2,3)30-24-37-45-38(25-30)53(32-22-18-15-19-23-32)42-40-34(48(6,7)29-50(40,10)11)27-36-44(42)54(45)43-35(51(36,12)13)26-33-39(49(8,9)28-47(33,4)5)41(43)52(37)31-20-16-14-17-21-31/h14-27H,28-29H2,1-13H3. The second-order valence-electron chi connectivity index (χ2n) is 22.0. The van der Waals surface area contributed by atoms with Gasteiger partial charge in [-0.15, -0.1) is 0 Å². The van der Waals surface area contributed by atoms with Crippen LogP contribution in [0, 0.1) is 0 Å². The zero-order chi connectivity index (χ0) is 38.3. The van der Waals surface area contributed by atoms with E-state index in [1.165, 1.54) is 55.6 Å². The van der Waals surface area contributed by atoms with Crippen molar-refractivity contribution in [3.63, 3.8) is 0 Å². The van der Waals surface area contributed by atoms with Gasteiger partial charge in [0.25, 0.3) is 0 Å². The fourth-order valence-electron chi connectivity index (χ4n) is 13.1. The molecule has 3 heteroatoms. The van der Waals surface area contributed by atoms with Gasteiger partial charge in [0.05, 0.1) is 0 Å². The fraction of sp³-hybridized carbons (Fsp3) is 0.412. The summed E-state index contributed by atoms with van der Waals surface area (Å²) in [5, 5.41) is 0. The van der Waals surface area contributed by atoms with Crippen molar-refractivity contribution in [1.82, 2.24) is 0 Å². The normalized spacial score (nSPS) is 20.8. The molecule has 0 atom stereocenters. The second-order valence-corrected chi connectivity index (χ2v) is 22.0. The Kier molecular flexibility index (Phi) is 6.55. The Labute approximate surface area is 326 Å². The number of anilines is 3. The maximum Gasteiger partial charge on any atom is 0.247 e. The van der Waals surface area contributed by atoms with Gasteiger partial charge in [-0.2, -0.15) is 0 Å². The van der Waals surface area contributed by atoms with Crippen molar-refractivity contribution in [2.24, 2.45) is 0 Å². The molecule has 0 fully saturated rings. The van der Waals surface area contributed by atoms with Crippen LogP contribution in [0.4, 0.5) is 17.1 Å². The zero-order valence-corrected chi connectivity index (χ0v) is 35.1. The largest absolute Gasteiger partial charge is 0.312 e. The molecule has 0 N–H and O–H groups in total. The molecule has 272 valence electrons. The Bertz CT molecular complexity index is 2300. The van der Waals surface area contributed by atoms with E-state index in [4.69, 9.17) is 0 Å². The van der Waals surface area contributed by atoms with Gasteiger partial charge < -0.3 is 4.90 Å². The van der Waals surface area contributed by atoms with Crippen molar-refractivity contribution in [2.45, 2.75) is 135 Å². The molecule has 54 heavy (non-hydrogen) atoms. The topological polar surface area (TPSA) is 3.24 Å². The van der Waals surface area contributed by atoms with E-state index in [0.29, 0.717) is 0 Å². The van der Waals surface area contributed by atoms with Crippen molar-refractivity contribution in [3.8, 4) is 0 Å². The molecule has 1 nitrogen and oxygen atoms in total. The van der Waals surface area contributed by atoms with Gasteiger partial charge in [-0.3, -0.25) is 0 Å². The van der Waals surface area contributed by atoms with Gasteiger partial charge in [-0.05, 0) is 101 Å². The third-order valence-corrected chi connectivity index (χ3v) is 14.8. The smallest absolute Gasteiger partial charge is 0.247 e. The van der Waals surface area contributed by atoms with E-state index in [2.05, 4.69) is 180 Å². The molecule has 3 heterocycles. The molecule has 10 rings (SSSR count). The van der Waals surface area contributed by atoms with E-state index in [0.717, 1.165) is 12.8 Å². The van der Waals surface area contributed by atoms with Crippen LogP contribution in [0.15, 0.2) is 84.9 Å². The molecule has 0 saturated carbocycles. The minimum absolute atomic E-state index is 0.0193. The molecule has 5 aromatic rings. The van der Waals surface area contributed by atoms with Crippen LogP contribution in [0.3, 0.4) is 0 Å². The first-order chi connectivity index (χ1) is 25.2. The Morgan fingerprint density at radius 1 is 0.481 bits per heavy atom. The van der Waals surface area contributed by atoms with Gasteiger partial charge in [0.2, 0.25) is 13.4 Å². The highest BCUT2D eigenvalue weighted by Gasteiger charge is 2.57. The lowest BCUT2D eigenvalue weighted by Gasteiger charge is -2.53. The van der Waals surface area contributed by atoms with Gasteiger partial charge in [-0.1, -0.05) is 186 Å². The predicted molar refractivity (Wildman–Crippen MR) is 235 cm³/mol. The van der Waals surface area contributed by atoms with Crippen molar-refractivity contribution < 1.29 is 0 Å². The highest BCUT2D eigenvalue weighted by Crippen LogP contribution is 2.60. The van der Waals surface area contributed by atoms with Crippen LogP contribution in [0.5, 0.6) is 0 Å². The molecular weight excluding hydrogens is 648 g/mol. The Balaban J connectivity index is 1.48. The van der Waals surface area contributed by atoms with Crippen molar-refractivity contribution in [2.75, 3.05) is 4.90 Å². The summed E-state index contributed by atoms with van der Waals surface area (Å²) >= 11 is 0. The third-order valence-electron chi connectivity index (χ3n) is 14.8. The average molecular weight is 706 g/mol. The van der Waals surface area contributed by atoms with Gasteiger partial charge >= 0.3 is 0 Å². The monoisotopic (exact) mass is 705 g/mol. The highest BCUT2D eigenvalue weighted by molar-refractivity contribution is 7.02. The van der Waals surface area contributed by atoms with Gasteiger partial charge in [0, 0.05) is 22.5 Å². The van der Waals surface area contributed by atoms with Crippen LogP contribution >= 0.6 is 0 Å². The lowest BCUT2D eigenvalue weighted by atomic mass is 9.28. The van der Waals surface area contributed by atoms with E-state index in [1.54, 1.807) is 33.2 Å². The predicted octanol–water partition coefficient (Wildman–Crippen LogP) is 8.67. The number of nitrogens with zero attached hydrogens (tertiary/aromatic N) is 1. The van der Waals surface area contributed by atoms with Crippen LogP contribution in [0.2, 0.25) is 0 Å². The number of fused-ring (bicyclic) bond motifs is 4. The summed E-state index contributed by atoms with van der Waals surface area (Å²) in [6.07, 6.45) is 2.30. The van der Waals surface area contributed by atoms with Crippen LogP contribution in [0.25, 0.3) is 0 Å². The van der Waals surface area contributed by atoms with Crippen molar-refractivity contribution >= 4 is 63.3 Å². The summed E-state index contributed by atoms with van der Waals surface area (Å²) in [5.74, 6) is 0. The summed E-state index contributed by atoms with van der Waals surface area (Å²) in [6.45, 7) is 32.8. The first kappa shape index (κ1) is 34.5. The molecule has 0 unspecified atom stereocenters. The van der Waals surface area contributed by atoms with E-state index >= 15 is 0 Å². The van der Waals surface area contributed by atoms with Crippen LogP contribution in [-0.4, -0.2) is 13.4 Å². The number of hydrogen-bond acceptors (Lipinski definition) is 1. The van der Waals surface area contributed by atoms with E-state index in [9.17, 15) is 0 Å². The molecular formula is C51H57B2N. The summed E-state index contributed by atoms with van der Waals surface area (Å²) in [5.41, 5.74) is 24.1. The van der Waals surface area contributed by atoms with Crippen LogP contribution in [0.1, 0.15) is 142 Å². The first-order valence-electron chi connectivity index (χ1n) is 20.7. The average Bonchev–Trinajstić information content (AvgIpc) is 3.40. The molecule has 2 aliphatic carbocycles. The van der Waals surface area contributed by atoms with E-state index < -0.39 is 0 Å². The molecule has 0 bridgehead atoms. The molecule has 0 spiro atoms. The first-order valence-corrected chi connectivity index (χ1v) is 20.7. The molecule has 0 aromatic heterocycles. The SMILES string of the molecule is CC(C)(C)c1cc2c3c(c1)B(c1ccccc1)c1c4c(cc5c1C(C)(C)CC5(C)C)C(C)(C)c1cc5c(c(c1N34)B2c1ccccc1)C(C)(C)CC5(C)C.